The Bertz CT molecular complexity index is 839. The van der Waals surface area contributed by atoms with Gasteiger partial charge in [0.05, 0.1) is 12.5 Å². The van der Waals surface area contributed by atoms with Gasteiger partial charge in [-0.15, -0.1) is 5.10 Å². The van der Waals surface area contributed by atoms with Gasteiger partial charge in [-0.2, -0.15) is 4.98 Å². The van der Waals surface area contributed by atoms with Crippen molar-refractivity contribution in [1.29, 1.82) is 0 Å². The Balaban J connectivity index is 1.54. The molecule has 3 bridgehead atoms. The van der Waals surface area contributed by atoms with Crippen LogP contribution in [-0.2, 0) is 9.53 Å². The summed E-state index contributed by atoms with van der Waals surface area (Å²) in [6.45, 7) is 2.30. The fourth-order valence-electron chi connectivity index (χ4n) is 5.65. The van der Waals surface area contributed by atoms with E-state index in [0.717, 1.165) is 11.9 Å². The highest BCUT2D eigenvalue weighted by Gasteiger charge is 2.66. The van der Waals surface area contributed by atoms with Gasteiger partial charge in [0.25, 0.3) is 0 Å². The van der Waals surface area contributed by atoms with Gasteiger partial charge in [0, 0.05) is 12.2 Å². The molecule has 25 heavy (non-hydrogen) atoms. The van der Waals surface area contributed by atoms with Gasteiger partial charge in [0.1, 0.15) is 5.52 Å². The summed E-state index contributed by atoms with van der Waals surface area (Å²) in [6, 6.07) is 3.93. The van der Waals surface area contributed by atoms with Crippen molar-refractivity contribution in [3.05, 3.63) is 23.6 Å². The van der Waals surface area contributed by atoms with Gasteiger partial charge in [0.2, 0.25) is 5.28 Å². The lowest BCUT2D eigenvalue weighted by Crippen LogP contribution is -2.68. The summed E-state index contributed by atoms with van der Waals surface area (Å²) >= 11 is 6.10. The topological polar surface area (TPSA) is 68.5 Å². The zero-order valence-electron chi connectivity index (χ0n) is 14.1. The molecule has 1 N–H and O–H groups in total. The van der Waals surface area contributed by atoms with Crippen LogP contribution in [0.15, 0.2) is 18.3 Å². The Morgan fingerprint density at radius 2 is 2.36 bits per heavy atom. The quantitative estimate of drug-likeness (QED) is 0.848. The van der Waals surface area contributed by atoms with Crippen molar-refractivity contribution >= 4 is 28.9 Å². The summed E-state index contributed by atoms with van der Waals surface area (Å²) in [4.78, 5) is 17.1. The Kier molecular flexibility index (Phi) is 3.29. The monoisotopic (exact) mass is 360 g/mol. The van der Waals surface area contributed by atoms with Crippen molar-refractivity contribution in [3.63, 3.8) is 0 Å². The molecule has 2 aromatic rings. The lowest BCUT2D eigenvalue weighted by Gasteiger charge is -2.68. The normalized spacial score (nSPS) is 35.4. The molecule has 1 spiro atoms. The summed E-state index contributed by atoms with van der Waals surface area (Å²) in [5.41, 5.74) is 1.07. The van der Waals surface area contributed by atoms with Crippen LogP contribution >= 0.6 is 11.6 Å². The minimum atomic E-state index is -0.0926. The summed E-state index contributed by atoms with van der Waals surface area (Å²) in [6.07, 6.45) is 6.58. The fourth-order valence-corrected chi connectivity index (χ4v) is 5.81. The molecule has 6 fully saturated rings. The molecule has 6 saturated carbocycles. The zero-order chi connectivity index (χ0) is 17.2. The first kappa shape index (κ1) is 15.4. The van der Waals surface area contributed by atoms with Crippen LogP contribution in [-0.4, -0.2) is 33.2 Å². The molecular formula is C18H21ClN4O2. The van der Waals surface area contributed by atoms with Crippen LogP contribution in [0.25, 0.3) is 5.52 Å². The van der Waals surface area contributed by atoms with E-state index in [1.807, 2.05) is 25.3 Å². The Morgan fingerprint density at radius 1 is 1.52 bits per heavy atom. The van der Waals surface area contributed by atoms with Crippen molar-refractivity contribution in [1.82, 2.24) is 14.6 Å². The molecule has 0 amide bonds. The number of aromatic nitrogens is 3. The van der Waals surface area contributed by atoms with Crippen LogP contribution in [0.2, 0.25) is 5.28 Å². The molecule has 3 atom stereocenters. The Morgan fingerprint density at radius 3 is 3.08 bits per heavy atom. The number of rotatable bonds is 4. The van der Waals surface area contributed by atoms with E-state index in [9.17, 15) is 4.79 Å². The summed E-state index contributed by atoms with van der Waals surface area (Å²) in [5.74, 6) is 1.65. The van der Waals surface area contributed by atoms with Crippen LogP contribution in [0.3, 0.4) is 0 Å². The summed E-state index contributed by atoms with van der Waals surface area (Å²) in [5, 5.41) is 7.98. The highest BCUT2D eigenvalue weighted by atomic mass is 35.5. The molecule has 2 heterocycles. The fraction of sp³-hybridized carbons (Fsp3) is 0.611. The zero-order valence-corrected chi connectivity index (χ0v) is 14.9. The number of halogens is 1. The van der Waals surface area contributed by atoms with Crippen LogP contribution in [0, 0.1) is 23.2 Å². The van der Waals surface area contributed by atoms with E-state index in [2.05, 4.69) is 15.4 Å². The highest BCUT2D eigenvalue weighted by Crippen LogP contribution is 2.68. The van der Waals surface area contributed by atoms with E-state index in [1.165, 1.54) is 19.3 Å². The average molecular weight is 361 g/mol. The SMILES string of the molecule is CCOC(=O)[C@@H]1[C@@H](Nc2nc(Cl)nn3cccc23)C23CC[C@H]1C(C2)C3. The van der Waals surface area contributed by atoms with Gasteiger partial charge in [-0.25, -0.2) is 4.52 Å². The van der Waals surface area contributed by atoms with Gasteiger partial charge >= 0.3 is 5.97 Å². The lowest BCUT2D eigenvalue weighted by atomic mass is 9.38. The van der Waals surface area contributed by atoms with Crippen LogP contribution in [0.1, 0.15) is 32.6 Å². The molecule has 0 aromatic carbocycles. The van der Waals surface area contributed by atoms with E-state index in [1.54, 1.807) is 4.52 Å². The molecule has 0 saturated heterocycles. The Labute approximate surface area is 150 Å². The van der Waals surface area contributed by atoms with E-state index < -0.39 is 0 Å². The molecular weight excluding hydrogens is 340 g/mol. The number of ether oxygens (including phenoxy) is 1. The molecule has 6 aliphatic carbocycles. The number of carbonyl (C=O) groups excluding carboxylic acids is 1. The predicted octanol–water partition coefficient (Wildman–Crippen LogP) is 3.16. The standard InChI is InChI=1S/C18H21ClN4O2/c1-2-25-16(24)13-11-5-6-18(8-10(11)9-18)14(13)20-15-12-4-3-7-23(12)22-17(19)21-15/h3-4,7,10-11,13-14H,2,5-6,8-9H2,1H3,(H,20,21,22)/t10?,11-,13-,14+,18?/m0/s1. The molecule has 6 nitrogen and oxygen atoms in total. The third-order valence-electron chi connectivity index (χ3n) is 6.61. The second-order valence-corrected chi connectivity index (χ2v) is 8.04. The van der Waals surface area contributed by atoms with Crippen LogP contribution in [0.5, 0.6) is 0 Å². The number of hydrogen-bond donors (Lipinski definition) is 1. The van der Waals surface area contributed by atoms with Gasteiger partial charge in [0.15, 0.2) is 5.82 Å². The van der Waals surface area contributed by atoms with Crippen molar-refractivity contribution < 1.29 is 9.53 Å². The second-order valence-electron chi connectivity index (χ2n) is 7.70. The van der Waals surface area contributed by atoms with E-state index in [-0.39, 0.29) is 28.6 Å². The van der Waals surface area contributed by atoms with Gasteiger partial charge in [-0.05, 0) is 73.6 Å². The number of fused-ring (bicyclic) bond motifs is 1. The molecule has 7 heteroatoms. The molecule has 0 aliphatic heterocycles. The molecule has 8 rings (SSSR count). The highest BCUT2D eigenvalue weighted by molar-refractivity contribution is 6.28. The molecule has 2 aromatic heterocycles. The van der Waals surface area contributed by atoms with Gasteiger partial charge < -0.3 is 10.1 Å². The van der Waals surface area contributed by atoms with E-state index >= 15 is 0 Å². The minimum Gasteiger partial charge on any atom is -0.466 e. The number of nitrogens with one attached hydrogen (secondary N) is 1. The first-order valence-corrected chi connectivity index (χ1v) is 9.43. The first-order valence-electron chi connectivity index (χ1n) is 9.05. The number of esters is 1. The summed E-state index contributed by atoms with van der Waals surface area (Å²) < 4.78 is 7.14. The maximum Gasteiger partial charge on any atom is 0.311 e. The number of carbonyl (C=O) groups is 1. The van der Waals surface area contributed by atoms with Crippen molar-refractivity contribution in [2.24, 2.45) is 23.2 Å². The summed E-state index contributed by atoms with van der Waals surface area (Å²) in [7, 11) is 0. The molecule has 6 aliphatic rings. The lowest BCUT2D eigenvalue weighted by molar-refractivity contribution is -0.186. The number of nitrogens with zero attached hydrogens (tertiary/aromatic N) is 3. The van der Waals surface area contributed by atoms with Crippen LogP contribution in [0.4, 0.5) is 5.82 Å². The van der Waals surface area contributed by atoms with Crippen molar-refractivity contribution in [2.75, 3.05) is 11.9 Å². The van der Waals surface area contributed by atoms with Crippen LogP contribution < -0.4 is 5.32 Å². The van der Waals surface area contributed by atoms with Crippen molar-refractivity contribution in [2.45, 2.75) is 38.6 Å². The molecule has 132 valence electrons. The Hall–Kier alpha value is -1.82. The number of hydrogen-bond acceptors (Lipinski definition) is 5. The minimum absolute atomic E-state index is 0.0555. The third-order valence-corrected chi connectivity index (χ3v) is 6.77. The van der Waals surface area contributed by atoms with Crippen molar-refractivity contribution in [3.8, 4) is 0 Å². The maximum absolute atomic E-state index is 12.7. The second kappa shape index (κ2) is 5.34. The number of anilines is 1. The van der Waals surface area contributed by atoms with E-state index in [0.29, 0.717) is 24.3 Å². The van der Waals surface area contributed by atoms with Gasteiger partial charge in [-0.1, -0.05) is 0 Å². The largest absolute Gasteiger partial charge is 0.466 e. The third kappa shape index (κ3) is 2.13. The predicted molar refractivity (Wildman–Crippen MR) is 93.4 cm³/mol. The molecule has 0 radical (unpaired) electrons. The first-order chi connectivity index (χ1) is 12.1. The van der Waals surface area contributed by atoms with E-state index in [4.69, 9.17) is 16.3 Å². The maximum atomic E-state index is 12.7. The smallest absolute Gasteiger partial charge is 0.311 e. The molecule has 0 unspecified atom stereocenters. The van der Waals surface area contributed by atoms with Gasteiger partial charge in [-0.3, -0.25) is 4.79 Å². The average Bonchev–Trinajstić information content (AvgIpc) is 3.03.